The number of carbonyl (C=O) groups is 1. The Kier molecular flexibility index (Phi) is 2.60. The Balaban J connectivity index is 2.48. The van der Waals surface area contributed by atoms with Crippen molar-refractivity contribution in [3.8, 4) is 5.75 Å². The largest absolute Gasteiger partial charge is 0.426 e. The van der Waals surface area contributed by atoms with Crippen LogP contribution < -0.4 is 4.74 Å². The minimum atomic E-state index is -0.244. The first-order chi connectivity index (χ1) is 7.63. The van der Waals surface area contributed by atoms with E-state index in [0.717, 1.165) is 16.6 Å². The highest BCUT2D eigenvalue weighted by molar-refractivity contribution is 5.82. The van der Waals surface area contributed by atoms with Crippen LogP contribution in [0.2, 0.25) is 0 Å². The average molecular weight is 219 g/mol. The second-order valence-electron chi connectivity index (χ2n) is 3.60. The van der Waals surface area contributed by atoms with Gasteiger partial charge in [-0.15, -0.1) is 5.10 Å². The van der Waals surface area contributed by atoms with Crippen LogP contribution in [0, 0.1) is 6.92 Å². The molecule has 2 aromatic rings. The van der Waals surface area contributed by atoms with E-state index in [4.69, 9.17) is 4.74 Å². The van der Waals surface area contributed by atoms with E-state index >= 15 is 0 Å². The summed E-state index contributed by atoms with van der Waals surface area (Å²) in [6.07, 6.45) is 0.359. The number of fused-ring (bicyclic) bond motifs is 1. The van der Waals surface area contributed by atoms with Gasteiger partial charge in [-0.3, -0.25) is 4.79 Å². The van der Waals surface area contributed by atoms with Gasteiger partial charge in [0.15, 0.2) is 0 Å². The molecule has 1 heterocycles. The van der Waals surface area contributed by atoms with Gasteiger partial charge in [0.05, 0.1) is 5.52 Å². The Morgan fingerprint density at radius 2 is 2.25 bits per heavy atom. The van der Waals surface area contributed by atoms with E-state index in [9.17, 15) is 4.79 Å². The van der Waals surface area contributed by atoms with Gasteiger partial charge in [-0.25, -0.2) is 4.68 Å². The van der Waals surface area contributed by atoms with Crippen molar-refractivity contribution < 1.29 is 9.53 Å². The summed E-state index contributed by atoms with van der Waals surface area (Å²) in [6, 6.07) is 3.62. The average Bonchev–Trinajstić information content (AvgIpc) is 2.65. The van der Waals surface area contributed by atoms with Gasteiger partial charge < -0.3 is 4.74 Å². The maximum Gasteiger partial charge on any atom is 0.310 e. The number of esters is 1. The first kappa shape index (κ1) is 10.6. The van der Waals surface area contributed by atoms with E-state index in [-0.39, 0.29) is 5.97 Å². The summed E-state index contributed by atoms with van der Waals surface area (Å²) in [5, 5.41) is 7.96. The molecular weight excluding hydrogens is 206 g/mol. The van der Waals surface area contributed by atoms with E-state index in [1.54, 1.807) is 17.7 Å². The number of ether oxygens (including phenoxy) is 1. The van der Waals surface area contributed by atoms with E-state index < -0.39 is 0 Å². The van der Waals surface area contributed by atoms with Crippen molar-refractivity contribution in [3.63, 3.8) is 0 Å². The lowest BCUT2D eigenvalue weighted by atomic mass is 10.2. The summed E-state index contributed by atoms with van der Waals surface area (Å²) in [5.74, 6) is 0.311. The maximum atomic E-state index is 11.2. The number of benzene rings is 1. The molecule has 0 aliphatic carbocycles. The van der Waals surface area contributed by atoms with Gasteiger partial charge in [-0.2, -0.15) is 0 Å². The van der Waals surface area contributed by atoms with Gasteiger partial charge in [0.2, 0.25) is 0 Å². The molecule has 0 unspecified atom stereocenters. The van der Waals surface area contributed by atoms with Crippen LogP contribution in [0.4, 0.5) is 0 Å². The maximum absolute atomic E-state index is 11.2. The van der Waals surface area contributed by atoms with Crippen LogP contribution >= 0.6 is 0 Å². The Morgan fingerprint density at radius 3 is 2.94 bits per heavy atom. The zero-order valence-corrected chi connectivity index (χ0v) is 9.52. The molecule has 0 radical (unpaired) electrons. The van der Waals surface area contributed by atoms with E-state index in [1.165, 1.54) is 0 Å². The number of aryl methyl sites for hydroxylation is 2. The molecule has 84 valence electrons. The molecule has 5 heteroatoms. The number of hydrogen-bond acceptors (Lipinski definition) is 4. The summed E-state index contributed by atoms with van der Waals surface area (Å²) >= 11 is 0. The molecule has 16 heavy (non-hydrogen) atoms. The second kappa shape index (κ2) is 3.92. The fraction of sp³-hybridized carbons (Fsp3) is 0.364. The molecule has 0 aliphatic heterocycles. The van der Waals surface area contributed by atoms with Crippen LogP contribution in [0.5, 0.6) is 5.75 Å². The van der Waals surface area contributed by atoms with Gasteiger partial charge >= 0.3 is 5.97 Å². The lowest BCUT2D eigenvalue weighted by Gasteiger charge is -2.06. The van der Waals surface area contributed by atoms with E-state index in [1.807, 2.05) is 20.0 Å². The number of hydrogen-bond donors (Lipinski definition) is 0. The van der Waals surface area contributed by atoms with Crippen LogP contribution in [-0.4, -0.2) is 21.0 Å². The first-order valence-corrected chi connectivity index (χ1v) is 5.13. The molecule has 1 aromatic heterocycles. The topological polar surface area (TPSA) is 57.0 Å². The second-order valence-corrected chi connectivity index (χ2v) is 3.60. The molecule has 0 spiro atoms. The fourth-order valence-corrected chi connectivity index (χ4v) is 1.52. The number of nitrogens with zero attached hydrogens (tertiary/aromatic N) is 3. The van der Waals surface area contributed by atoms with Crippen LogP contribution in [0.25, 0.3) is 11.0 Å². The van der Waals surface area contributed by atoms with Crippen LogP contribution in [0.1, 0.15) is 18.9 Å². The lowest BCUT2D eigenvalue weighted by Crippen LogP contribution is -2.06. The Labute approximate surface area is 93.0 Å². The summed E-state index contributed by atoms with van der Waals surface area (Å²) in [6.45, 7) is 3.63. The summed E-state index contributed by atoms with van der Waals surface area (Å²) < 4.78 is 6.88. The van der Waals surface area contributed by atoms with Crippen molar-refractivity contribution in [2.75, 3.05) is 0 Å². The van der Waals surface area contributed by atoms with Crippen molar-refractivity contribution in [2.45, 2.75) is 20.3 Å². The number of rotatable bonds is 2. The molecule has 0 amide bonds. The highest BCUT2D eigenvalue weighted by atomic mass is 16.5. The monoisotopic (exact) mass is 219 g/mol. The van der Waals surface area contributed by atoms with Crippen LogP contribution in [-0.2, 0) is 11.8 Å². The standard InChI is InChI=1S/C11H13N3O2/c1-4-10(15)16-9-6-5-8-11(7(9)2)12-13-14(8)3/h5-6H,4H2,1-3H3. The fourth-order valence-electron chi connectivity index (χ4n) is 1.52. The molecule has 0 saturated carbocycles. The number of carbonyl (C=O) groups excluding carboxylic acids is 1. The first-order valence-electron chi connectivity index (χ1n) is 5.13. The molecule has 0 bridgehead atoms. The third-order valence-corrected chi connectivity index (χ3v) is 2.50. The predicted molar refractivity (Wildman–Crippen MR) is 59.2 cm³/mol. The summed E-state index contributed by atoms with van der Waals surface area (Å²) in [5.41, 5.74) is 2.53. The van der Waals surface area contributed by atoms with Gasteiger partial charge in [0, 0.05) is 19.0 Å². The van der Waals surface area contributed by atoms with E-state index in [2.05, 4.69) is 10.3 Å². The van der Waals surface area contributed by atoms with Crippen molar-refractivity contribution in [1.82, 2.24) is 15.0 Å². The highest BCUT2D eigenvalue weighted by Gasteiger charge is 2.11. The zero-order valence-electron chi connectivity index (χ0n) is 9.52. The van der Waals surface area contributed by atoms with Gasteiger partial charge in [0.1, 0.15) is 11.3 Å². The lowest BCUT2D eigenvalue weighted by molar-refractivity contribution is -0.134. The molecule has 0 atom stereocenters. The summed E-state index contributed by atoms with van der Waals surface area (Å²) in [4.78, 5) is 11.2. The van der Waals surface area contributed by atoms with Crippen molar-refractivity contribution in [2.24, 2.45) is 7.05 Å². The minimum absolute atomic E-state index is 0.244. The normalized spacial score (nSPS) is 10.7. The summed E-state index contributed by atoms with van der Waals surface area (Å²) in [7, 11) is 1.83. The molecule has 5 nitrogen and oxygen atoms in total. The van der Waals surface area contributed by atoms with Crippen LogP contribution in [0.3, 0.4) is 0 Å². The SMILES string of the molecule is CCC(=O)Oc1ccc2c(nnn2C)c1C. The predicted octanol–water partition coefficient (Wildman–Crippen LogP) is 1.59. The van der Waals surface area contributed by atoms with Crippen molar-refractivity contribution in [1.29, 1.82) is 0 Å². The molecule has 2 rings (SSSR count). The highest BCUT2D eigenvalue weighted by Crippen LogP contribution is 2.25. The van der Waals surface area contributed by atoms with Crippen molar-refractivity contribution >= 4 is 17.0 Å². The molecular formula is C11H13N3O2. The Hall–Kier alpha value is -1.91. The van der Waals surface area contributed by atoms with Crippen LogP contribution in [0.15, 0.2) is 12.1 Å². The molecule has 0 fully saturated rings. The third-order valence-electron chi connectivity index (χ3n) is 2.50. The molecule has 0 N–H and O–H groups in total. The zero-order chi connectivity index (χ0) is 11.7. The van der Waals surface area contributed by atoms with Gasteiger partial charge in [-0.1, -0.05) is 12.1 Å². The van der Waals surface area contributed by atoms with Gasteiger partial charge in [-0.05, 0) is 19.1 Å². The minimum Gasteiger partial charge on any atom is -0.426 e. The molecule has 0 aliphatic rings. The number of aromatic nitrogens is 3. The molecule has 1 aromatic carbocycles. The van der Waals surface area contributed by atoms with Gasteiger partial charge in [0.25, 0.3) is 0 Å². The Morgan fingerprint density at radius 1 is 1.50 bits per heavy atom. The van der Waals surface area contributed by atoms with E-state index in [0.29, 0.717) is 12.2 Å². The Bertz CT molecular complexity index is 545. The van der Waals surface area contributed by atoms with Crippen molar-refractivity contribution in [3.05, 3.63) is 17.7 Å². The quantitative estimate of drug-likeness (QED) is 0.568. The smallest absolute Gasteiger partial charge is 0.310 e. The third kappa shape index (κ3) is 1.64. The molecule has 0 saturated heterocycles.